The molecule has 0 atom stereocenters. The van der Waals surface area contributed by atoms with Crippen LogP contribution >= 0.6 is 11.3 Å². The number of nitrogens with zero attached hydrogens (tertiary/aromatic N) is 1. The molecule has 13 heavy (non-hydrogen) atoms. The van der Waals surface area contributed by atoms with Gasteiger partial charge in [0.15, 0.2) is 0 Å². The predicted molar refractivity (Wildman–Crippen MR) is 52.4 cm³/mol. The van der Waals surface area contributed by atoms with Crippen molar-refractivity contribution in [2.24, 2.45) is 5.73 Å². The molecule has 0 aromatic carbocycles. The number of carbonyl (C=O) groups excluding carboxylic acids is 1. The van der Waals surface area contributed by atoms with Gasteiger partial charge >= 0.3 is 0 Å². The number of hydrogen-bond donors (Lipinski definition) is 2. The van der Waals surface area contributed by atoms with Gasteiger partial charge in [-0.05, 0) is 6.92 Å². The van der Waals surface area contributed by atoms with Gasteiger partial charge in [-0.2, -0.15) is 0 Å². The minimum absolute atomic E-state index is 0.270. The first-order valence-corrected chi connectivity index (χ1v) is 4.96. The Morgan fingerprint density at radius 3 is 3.08 bits per heavy atom. The molecule has 72 valence electrons. The molecular formula is C8H13N3OS. The normalized spacial score (nSPS) is 10.2. The lowest BCUT2D eigenvalue weighted by Crippen LogP contribution is -2.21. The van der Waals surface area contributed by atoms with E-state index >= 15 is 0 Å². The number of thiazole rings is 1. The third-order valence-electron chi connectivity index (χ3n) is 1.68. The van der Waals surface area contributed by atoms with E-state index in [-0.39, 0.29) is 5.91 Å². The number of nitrogens with one attached hydrogen (secondary N) is 1. The summed E-state index contributed by atoms with van der Waals surface area (Å²) in [7, 11) is 0. The predicted octanol–water partition coefficient (Wildman–Crippen LogP) is 0.417. The van der Waals surface area contributed by atoms with E-state index in [0.29, 0.717) is 13.0 Å². The summed E-state index contributed by atoms with van der Waals surface area (Å²) in [6.07, 6.45) is 0.387. The van der Waals surface area contributed by atoms with Crippen molar-refractivity contribution in [3.05, 3.63) is 16.1 Å². The third kappa shape index (κ3) is 3.52. The number of primary amides is 1. The maximum absolute atomic E-state index is 10.4. The highest BCUT2D eigenvalue weighted by molar-refractivity contribution is 7.09. The largest absolute Gasteiger partial charge is 0.370 e. The molecule has 0 fully saturated rings. The van der Waals surface area contributed by atoms with E-state index in [1.807, 2.05) is 12.4 Å². The molecular weight excluding hydrogens is 186 g/mol. The second-order valence-electron chi connectivity index (χ2n) is 2.75. The smallest absolute Gasteiger partial charge is 0.218 e. The van der Waals surface area contributed by atoms with Gasteiger partial charge in [0.2, 0.25) is 5.91 Å². The lowest BCUT2D eigenvalue weighted by atomic mass is 10.3. The lowest BCUT2D eigenvalue weighted by Gasteiger charge is -2.00. The molecule has 1 amide bonds. The number of carbonyl (C=O) groups is 1. The standard InChI is InChI=1S/C8H13N3OS/c1-6-7(13-5-11-6)4-10-3-2-8(9)12/h5,10H,2-4H2,1H3,(H2,9,12). The second-order valence-corrected chi connectivity index (χ2v) is 3.69. The Hall–Kier alpha value is -0.940. The number of aromatic nitrogens is 1. The van der Waals surface area contributed by atoms with Crippen molar-refractivity contribution in [1.29, 1.82) is 0 Å². The van der Waals surface area contributed by atoms with E-state index in [9.17, 15) is 4.79 Å². The van der Waals surface area contributed by atoms with E-state index in [1.165, 1.54) is 4.88 Å². The van der Waals surface area contributed by atoms with Crippen molar-refractivity contribution < 1.29 is 4.79 Å². The molecule has 0 aliphatic rings. The molecule has 0 radical (unpaired) electrons. The maximum Gasteiger partial charge on any atom is 0.218 e. The average molecular weight is 199 g/mol. The van der Waals surface area contributed by atoms with Crippen LogP contribution in [0.15, 0.2) is 5.51 Å². The van der Waals surface area contributed by atoms with E-state index in [0.717, 1.165) is 12.2 Å². The molecule has 1 rings (SSSR count). The number of amides is 1. The topological polar surface area (TPSA) is 68.0 Å². The molecule has 1 heterocycles. The van der Waals surface area contributed by atoms with Crippen molar-refractivity contribution in [3.8, 4) is 0 Å². The molecule has 5 heteroatoms. The van der Waals surface area contributed by atoms with E-state index in [4.69, 9.17) is 5.73 Å². The zero-order valence-electron chi connectivity index (χ0n) is 7.54. The van der Waals surface area contributed by atoms with E-state index < -0.39 is 0 Å². The van der Waals surface area contributed by atoms with Gasteiger partial charge < -0.3 is 11.1 Å². The summed E-state index contributed by atoms with van der Waals surface area (Å²) >= 11 is 1.62. The van der Waals surface area contributed by atoms with Crippen LogP contribution in [0.5, 0.6) is 0 Å². The van der Waals surface area contributed by atoms with Crippen LogP contribution in [-0.2, 0) is 11.3 Å². The van der Waals surface area contributed by atoms with Crippen LogP contribution in [0, 0.1) is 6.92 Å². The Morgan fingerprint density at radius 1 is 1.77 bits per heavy atom. The number of aryl methyl sites for hydroxylation is 1. The van der Waals surface area contributed by atoms with Gasteiger partial charge in [-0.3, -0.25) is 4.79 Å². The summed E-state index contributed by atoms with van der Waals surface area (Å²) in [5, 5.41) is 3.13. The van der Waals surface area contributed by atoms with Crippen LogP contribution in [-0.4, -0.2) is 17.4 Å². The quantitative estimate of drug-likeness (QED) is 0.675. The Kier molecular flexibility index (Phi) is 3.85. The molecule has 1 aromatic heterocycles. The Labute approximate surface area is 81.2 Å². The van der Waals surface area contributed by atoms with Crippen LogP contribution in [0.25, 0.3) is 0 Å². The van der Waals surface area contributed by atoms with E-state index in [2.05, 4.69) is 10.3 Å². The Bertz CT molecular complexity index is 285. The minimum Gasteiger partial charge on any atom is -0.370 e. The van der Waals surface area contributed by atoms with Crippen molar-refractivity contribution in [2.75, 3.05) is 6.54 Å². The highest BCUT2D eigenvalue weighted by Gasteiger charge is 2.00. The summed E-state index contributed by atoms with van der Waals surface area (Å²) in [5.41, 5.74) is 7.87. The highest BCUT2D eigenvalue weighted by Crippen LogP contribution is 2.10. The summed E-state index contributed by atoms with van der Waals surface area (Å²) in [4.78, 5) is 15.7. The third-order valence-corrected chi connectivity index (χ3v) is 2.61. The van der Waals surface area contributed by atoms with Crippen LogP contribution in [0.2, 0.25) is 0 Å². The first kappa shape index (κ1) is 10.1. The fourth-order valence-corrected chi connectivity index (χ4v) is 1.66. The average Bonchev–Trinajstić information content (AvgIpc) is 2.45. The lowest BCUT2D eigenvalue weighted by molar-refractivity contribution is -0.117. The fraction of sp³-hybridized carbons (Fsp3) is 0.500. The molecule has 0 bridgehead atoms. The first-order valence-electron chi connectivity index (χ1n) is 4.08. The van der Waals surface area contributed by atoms with Gasteiger partial charge in [0.1, 0.15) is 0 Å². The van der Waals surface area contributed by atoms with Gasteiger partial charge in [0.25, 0.3) is 0 Å². The van der Waals surface area contributed by atoms with Crippen molar-refractivity contribution >= 4 is 17.2 Å². The summed E-state index contributed by atoms with van der Waals surface area (Å²) in [5.74, 6) is -0.270. The number of rotatable bonds is 5. The molecule has 4 nitrogen and oxygen atoms in total. The number of hydrogen-bond acceptors (Lipinski definition) is 4. The zero-order chi connectivity index (χ0) is 9.68. The fourth-order valence-electron chi connectivity index (χ4n) is 0.909. The van der Waals surface area contributed by atoms with Crippen LogP contribution in [0.4, 0.5) is 0 Å². The van der Waals surface area contributed by atoms with Gasteiger partial charge in [-0.25, -0.2) is 4.98 Å². The van der Waals surface area contributed by atoms with Crippen molar-refractivity contribution in [1.82, 2.24) is 10.3 Å². The Balaban J connectivity index is 2.20. The molecule has 0 spiro atoms. The highest BCUT2D eigenvalue weighted by atomic mass is 32.1. The summed E-state index contributed by atoms with van der Waals surface area (Å²) in [6.45, 7) is 3.37. The Morgan fingerprint density at radius 2 is 2.54 bits per heavy atom. The first-order chi connectivity index (χ1) is 6.20. The SMILES string of the molecule is Cc1ncsc1CNCCC(N)=O. The monoisotopic (exact) mass is 199 g/mol. The molecule has 1 aromatic rings. The number of nitrogens with two attached hydrogens (primary N) is 1. The molecule has 3 N–H and O–H groups in total. The maximum atomic E-state index is 10.4. The molecule has 0 aliphatic heterocycles. The second kappa shape index (κ2) is 4.94. The molecule has 0 saturated heterocycles. The van der Waals surface area contributed by atoms with Crippen LogP contribution in [0.3, 0.4) is 0 Å². The van der Waals surface area contributed by atoms with Gasteiger partial charge in [0, 0.05) is 24.4 Å². The molecule has 0 saturated carbocycles. The van der Waals surface area contributed by atoms with Crippen LogP contribution < -0.4 is 11.1 Å². The van der Waals surface area contributed by atoms with Gasteiger partial charge in [-0.15, -0.1) is 11.3 Å². The van der Waals surface area contributed by atoms with E-state index in [1.54, 1.807) is 11.3 Å². The molecule has 0 aliphatic carbocycles. The molecule has 0 unspecified atom stereocenters. The summed E-state index contributed by atoms with van der Waals surface area (Å²) in [6, 6.07) is 0. The van der Waals surface area contributed by atoms with Crippen molar-refractivity contribution in [2.45, 2.75) is 19.9 Å². The minimum atomic E-state index is -0.270. The summed E-state index contributed by atoms with van der Waals surface area (Å²) < 4.78 is 0. The van der Waals surface area contributed by atoms with Crippen molar-refractivity contribution in [3.63, 3.8) is 0 Å². The van der Waals surface area contributed by atoms with Crippen LogP contribution in [0.1, 0.15) is 17.0 Å². The van der Waals surface area contributed by atoms with Gasteiger partial charge in [-0.1, -0.05) is 0 Å². The van der Waals surface area contributed by atoms with Gasteiger partial charge in [0.05, 0.1) is 11.2 Å². The zero-order valence-corrected chi connectivity index (χ0v) is 8.36.